The third kappa shape index (κ3) is 5.14. The van der Waals surface area contributed by atoms with Crippen LogP contribution in [0.1, 0.15) is 30.6 Å². The molecule has 0 atom stereocenters. The molecule has 0 saturated carbocycles. The van der Waals surface area contributed by atoms with Crippen LogP contribution in [0.15, 0.2) is 18.5 Å². The Bertz CT molecular complexity index is 380. The average molecular weight is 252 g/mol. The Morgan fingerprint density at radius 2 is 2.28 bits per heavy atom. The summed E-state index contributed by atoms with van der Waals surface area (Å²) in [5.74, 6) is -0.324. The maximum Gasteiger partial charge on any atom is 0.337 e. The van der Waals surface area contributed by atoms with Crippen molar-refractivity contribution in [1.29, 1.82) is 0 Å². The molecule has 1 aromatic heterocycles. The molecular weight excluding hydrogens is 232 g/mol. The zero-order valence-corrected chi connectivity index (χ0v) is 10.8. The second-order valence-electron chi connectivity index (χ2n) is 4.45. The molecule has 0 unspecified atom stereocenters. The fourth-order valence-electron chi connectivity index (χ4n) is 1.40. The summed E-state index contributed by atoms with van der Waals surface area (Å²) in [6.07, 6.45) is 4.01. The van der Waals surface area contributed by atoms with Crippen molar-refractivity contribution in [3.05, 3.63) is 24.0 Å². The van der Waals surface area contributed by atoms with Gasteiger partial charge in [-0.3, -0.25) is 4.98 Å². The van der Waals surface area contributed by atoms with Crippen molar-refractivity contribution in [2.75, 3.05) is 25.1 Å². The van der Waals surface area contributed by atoms with Gasteiger partial charge in [-0.15, -0.1) is 0 Å². The van der Waals surface area contributed by atoms with Crippen molar-refractivity contribution >= 4 is 11.7 Å². The fraction of sp³-hybridized carbons (Fsp3) is 0.538. The molecule has 0 fully saturated rings. The summed E-state index contributed by atoms with van der Waals surface area (Å²) < 4.78 is 5.44. The number of pyridine rings is 1. The molecular formula is C13H20N2O3. The molecule has 0 aliphatic heterocycles. The van der Waals surface area contributed by atoms with E-state index in [0.29, 0.717) is 24.8 Å². The van der Waals surface area contributed by atoms with E-state index in [0.717, 1.165) is 13.0 Å². The first-order valence-corrected chi connectivity index (χ1v) is 6.10. The normalized spacial score (nSPS) is 10.6. The molecule has 0 aliphatic rings. The standard InChI is InChI=1S/C13H20N2O3/c1-10(2)4-7-18-8-6-15-12-9-14-5-3-11(12)13(16)17/h3,5,9-10,15H,4,6-8H2,1-2H3,(H,16,17). The van der Waals surface area contributed by atoms with E-state index >= 15 is 0 Å². The van der Waals surface area contributed by atoms with Crippen molar-refractivity contribution in [2.24, 2.45) is 5.92 Å². The Morgan fingerprint density at radius 3 is 2.94 bits per heavy atom. The van der Waals surface area contributed by atoms with Gasteiger partial charge in [-0.2, -0.15) is 0 Å². The van der Waals surface area contributed by atoms with Gasteiger partial charge in [0.1, 0.15) is 0 Å². The van der Waals surface area contributed by atoms with Crippen LogP contribution in [-0.4, -0.2) is 35.8 Å². The molecule has 0 bridgehead atoms. The van der Waals surface area contributed by atoms with Gasteiger partial charge in [0.25, 0.3) is 0 Å². The molecule has 18 heavy (non-hydrogen) atoms. The summed E-state index contributed by atoms with van der Waals surface area (Å²) in [5, 5.41) is 12.0. The quantitative estimate of drug-likeness (QED) is 0.694. The molecule has 1 rings (SSSR count). The third-order valence-electron chi connectivity index (χ3n) is 2.45. The van der Waals surface area contributed by atoms with Crippen molar-refractivity contribution in [2.45, 2.75) is 20.3 Å². The number of aromatic nitrogens is 1. The number of anilines is 1. The van der Waals surface area contributed by atoms with Gasteiger partial charge >= 0.3 is 5.97 Å². The minimum absolute atomic E-state index is 0.229. The number of rotatable bonds is 8. The number of nitrogens with zero attached hydrogens (tertiary/aromatic N) is 1. The first-order valence-electron chi connectivity index (χ1n) is 6.10. The van der Waals surface area contributed by atoms with Gasteiger partial charge in [0.05, 0.1) is 24.1 Å². The number of hydrogen-bond acceptors (Lipinski definition) is 4. The van der Waals surface area contributed by atoms with Crippen LogP contribution in [0.25, 0.3) is 0 Å². The zero-order chi connectivity index (χ0) is 13.4. The van der Waals surface area contributed by atoms with E-state index in [9.17, 15) is 4.79 Å². The van der Waals surface area contributed by atoms with Crippen molar-refractivity contribution in [3.63, 3.8) is 0 Å². The lowest BCUT2D eigenvalue weighted by atomic mass is 10.1. The maximum absolute atomic E-state index is 10.9. The van der Waals surface area contributed by atoms with Crippen LogP contribution < -0.4 is 5.32 Å². The maximum atomic E-state index is 10.9. The van der Waals surface area contributed by atoms with Crippen LogP contribution in [0.5, 0.6) is 0 Å². The highest BCUT2D eigenvalue weighted by Gasteiger charge is 2.08. The lowest BCUT2D eigenvalue weighted by Crippen LogP contribution is -2.13. The number of carboxylic acid groups (broad SMARTS) is 1. The van der Waals surface area contributed by atoms with Gasteiger partial charge < -0.3 is 15.2 Å². The summed E-state index contributed by atoms with van der Waals surface area (Å²) in [4.78, 5) is 14.8. The molecule has 0 amide bonds. The van der Waals surface area contributed by atoms with Gasteiger partial charge in [-0.05, 0) is 18.4 Å². The minimum atomic E-state index is -0.958. The van der Waals surface area contributed by atoms with E-state index in [4.69, 9.17) is 9.84 Å². The molecule has 5 heteroatoms. The largest absolute Gasteiger partial charge is 0.478 e. The monoisotopic (exact) mass is 252 g/mol. The fourth-order valence-corrected chi connectivity index (χ4v) is 1.40. The molecule has 0 radical (unpaired) electrons. The van der Waals surface area contributed by atoms with Crippen LogP contribution in [0.2, 0.25) is 0 Å². The second kappa shape index (κ2) is 7.66. The number of carboxylic acids is 1. The Balaban J connectivity index is 2.29. The lowest BCUT2D eigenvalue weighted by Gasteiger charge is -2.10. The molecule has 1 heterocycles. The summed E-state index contributed by atoms with van der Waals surface area (Å²) >= 11 is 0. The number of carbonyl (C=O) groups is 1. The Labute approximate surface area is 107 Å². The topological polar surface area (TPSA) is 71.5 Å². The molecule has 5 nitrogen and oxygen atoms in total. The predicted molar refractivity (Wildman–Crippen MR) is 70.0 cm³/mol. The van der Waals surface area contributed by atoms with E-state index < -0.39 is 5.97 Å². The predicted octanol–water partition coefficient (Wildman–Crippen LogP) is 2.25. The molecule has 0 aromatic carbocycles. The Hall–Kier alpha value is -1.62. The van der Waals surface area contributed by atoms with Crippen molar-refractivity contribution < 1.29 is 14.6 Å². The van der Waals surface area contributed by atoms with Gasteiger partial charge in [0.2, 0.25) is 0 Å². The number of nitrogens with one attached hydrogen (secondary N) is 1. The Morgan fingerprint density at radius 1 is 1.50 bits per heavy atom. The van der Waals surface area contributed by atoms with E-state index in [1.54, 1.807) is 0 Å². The van der Waals surface area contributed by atoms with Crippen LogP contribution in [0, 0.1) is 5.92 Å². The number of aromatic carboxylic acids is 1. The third-order valence-corrected chi connectivity index (χ3v) is 2.45. The van der Waals surface area contributed by atoms with Crippen molar-refractivity contribution in [1.82, 2.24) is 4.98 Å². The van der Waals surface area contributed by atoms with Crippen molar-refractivity contribution in [3.8, 4) is 0 Å². The van der Waals surface area contributed by atoms with E-state index in [1.165, 1.54) is 18.5 Å². The highest BCUT2D eigenvalue weighted by atomic mass is 16.5. The molecule has 0 spiro atoms. The minimum Gasteiger partial charge on any atom is -0.478 e. The summed E-state index contributed by atoms with van der Waals surface area (Å²) in [6, 6.07) is 1.48. The molecule has 0 aliphatic carbocycles. The molecule has 1 aromatic rings. The van der Waals surface area contributed by atoms with Crippen LogP contribution >= 0.6 is 0 Å². The highest BCUT2D eigenvalue weighted by molar-refractivity contribution is 5.93. The van der Waals surface area contributed by atoms with E-state index in [-0.39, 0.29) is 5.56 Å². The Kier molecular flexibility index (Phi) is 6.14. The lowest BCUT2D eigenvalue weighted by molar-refractivity contribution is 0.0697. The molecule has 2 N–H and O–H groups in total. The van der Waals surface area contributed by atoms with Crippen LogP contribution in [0.3, 0.4) is 0 Å². The van der Waals surface area contributed by atoms with Gasteiger partial charge in [-0.25, -0.2) is 4.79 Å². The smallest absolute Gasteiger partial charge is 0.337 e. The highest BCUT2D eigenvalue weighted by Crippen LogP contribution is 2.12. The van der Waals surface area contributed by atoms with E-state index in [1.807, 2.05) is 0 Å². The van der Waals surface area contributed by atoms with Crippen LogP contribution in [-0.2, 0) is 4.74 Å². The second-order valence-corrected chi connectivity index (χ2v) is 4.45. The molecule has 100 valence electrons. The van der Waals surface area contributed by atoms with Gasteiger partial charge in [-0.1, -0.05) is 13.8 Å². The number of ether oxygens (including phenoxy) is 1. The average Bonchev–Trinajstić information content (AvgIpc) is 2.33. The first-order chi connectivity index (χ1) is 8.61. The first kappa shape index (κ1) is 14.4. The molecule has 0 saturated heterocycles. The van der Waals surface area contributed by atoms with Crippen LogP contribution in [0.4, 0.5) is 5.69 Å². The van der Waals surface area contributed by atoms with Gasteiger partial charge in [0, 0.05) is 19.3 Å². The van der Waals surface area contributed by atoms with E-state index in [2.05, 4.69) is 24.1 Å². The SMILES string of the molecule is CC(C)CCOCCNc1cnccc1C(=O)O. The summed E-state index contributed by atoms with van der Waals surface area (Å²) in [6.45, 7) is 6.16. The summed E-state index contributed by atoms with van der Waals surface area (Å²) in [5.41, 5.74) is 0.754. The zero-order valence-electron chi connectivity index (χ0n) is 10.8. The summed E-state index contributed by atoms with van der Waals surface area (Å²) in [7, 11) is 0. The van der Waals surface area contributed by atoms with Gasteiger partial charge in [0.15, 0.2) is 0 Å². The number of hydrogen-bond donors (Lipinski definition) is 2.